The molecular formula is C11H18N4O. The fourth-order valence-electron chi connectivity index (χ4n) is 1.14. The minimum atomic E-state index is -0.215. The Hall–Kier alpha value is -1.78. The highest BCUT2D eigenvalue weighted by atomic mass is 16.2. The largest absolute Gasteiger partial charge is 0.397 e. The van der Waals surface area contributed by atoms with Crippen LogP contribution in [0.15, 0.2) is 18.3 Å². The van der Waals surface area contributed by atoms with E-state index in [0.29, 0.717) is 11.5 Å². The average molecular weight is 222 g/mol. The summed E-state index contributed by atoms with van der Waals surface area (Å²) in [6.07, 6.45) is 1.55. The molecule has 1 aromatic rings. The van der Waals surface area contributed by atoms with Crippen LogP contribution in [-0.4, -0.2) is 23.0 Å². The maximum Gasteiger partial charge on any atom is 0.239 e. The monoisotopic (exact) mass is 222 g/mol. The van der Waals surface area contributed by atoms with Crippen molar-refractivity contribution < 1.29 is 4.79 Å². The van der Waals surface area contributed by atoms with E-state index in [1.165, 1.54) is 0 Å². The molecule has 5 heteroatoms. The van der Waals surface area contributed by atoms with Crippen LogP contribution in [0.3, 0.4) is 0 Å². The zero-order chi connectivity index (χ0) is 12.2. The molecule has 0 saturated heterocycles. The SMILES string of the molecule is CC(C)(C)NC(=O)CNc1ccc(N)cn1. The molecule has 0 radical (unpaired) electrons. The van der Waals surface area contributed by atoms with E-state index in [1.54, 1.807) is 18.3 Å². The lowest BCUT2D eigenvalue weighted by molar-refractivity contribution is -0.120. The second kappa shape index (κ2) is 4.83. The summed E-state index contributed by atoms with van der Waals surface area (Å²) in [5.41, 5.74) is 5.88. The van der Waals surface area contributed by atoms with Crippen molar-refractivity contribution in [2.45, 2.75) is 26.3 Å². The Labute approximate surface area is 95.4 Å². The van der Waals surface area contributed by atoms with Gasteiger partial charge in [-0.1, -0.05) is 0 Å². The van der Waals surface area contributed by atoms with E-state index in [2.05, 4.69) is 15.6 Å². The van der Waals surface area contributed by atoms with Crippen molar-refractivity contribution >= 4 is 17.4 Å². The Balaban J connectivity index is 2.40. The van der Waals surface area contributed by atoms with Crippen molar-refractivity contribution in [3.63, 3.8) is 0 Å². The Bertz CT molecular complexity index is 353. The zero-order valence-corrected chi connectivity index (χ0v) is 9.87. The van der Waals surface area contributed by atoms with E-state index in [9.17, 15) is 4.79 Å². The van der Waals surface area contributed by atoms with E-state index >= 15 is 0 Å². The van der Waals surface area contributed by atoms with E-state index in [0.717, 1.165) is 0 Å². The van der Waals surface area contributed by atoms with Crippen LogP contribution in [0.5, 0.6) is 0 Å². The van der Waals surface area contributed by atoms with Gasteiger partial charge in [-0.05, 0) is 32.9 Å². The second-order valence-electron chi connectivity index (χ2n) is 4.63. The van der Waals surface area contributed by atoms with Crippen molar-refractivity contribution in [2.75, 3.05) is 17.6 Å². The van der Waals surface area contributed by atoms with E-state index < -0.39 is 0 Å². The first kappa shape index (κ1) is 12.3. The molecule has 0 fully saturated rings. The third-order valence-corrected chi connectivity index (χ3v) is 1.73. The lowest BCUT2D eigenvalue weighted by Crippen LogP contribution is -2.43. The van der Waals surface area contributed by atoms with E-state index in [4.69, 9.17) is 5.73 Å². The third kappa shape index (κ3) is 4.63. The highest BCUT2D eigenvalue weighted by molar-refractivity contribution is 5.81. The minimum absolute atomic E-state index is 0.0638. The summed E-state index contributed by atoms with van der Waals surface area (Å²) in [5.74, 6) is 0.574. The molecule has 1 rings (SSSR count). The Kier molecular flexibility index (Phi) is 3.71. The predicted molar refractivity (Wildman–Crippen MR) is 65.0 cm³/mol. The molecule has 0 aliphatic carbocycles. The van der Waals surface area contributed by atoms with Crippen molar-refractivity contribution in [1.82, 2.24) is 10.3 Å². The number of nitrogens with two attached hydrogens (primary N) is 1. The molecule has 1 amide bonds. The van der Waals surface area contributed by atoms with Gasteiger partial charge in [-0.2, -0.15) is 0 Å². The van der Waals surface area contributed by atoms with Crippen LogP contribution in [0.1, 0.15) is 20.8 Å². The number of carbonyl (C=O) groups excluding carboxylic acids is 1. The molecule has 0 aliphatic heterocycles. The summed E-state index contributed by atoms with van der Waals surface area (Å²) in [6.45, 7) is 6.01. The van der Waals surface area contributed by atoms with Crippen molar-refractivity contribution in [2.24, 2.45) is 0 Å². The summed E-state index contributed by atoms with van der Waals surface area (Å²) in [6, 6.07) is 3.47. The highest BCUT2D eigenvalue weighted by Crippen LogP contribution is 2.05. The normalized spacial score (nSPS) is 10.9. The number of carbonyl (C=O) groups is 1. The van der Waals surface area contributed by atoms with Gasteiger partial charge in [0.1, 0.15) is 5.82 Å². The van der Waals surface area contributed by atoms with Crippen LogP contribution in [0.25, 0.3) is 0 Å². The number of nitrogens with zero attached hydrogens (tertiary/aromatic N) is 1. The molecule has 0 bridgehead atoms. The van der Waals surface area contributed by atoms with Crippen LogP contribution < -0.4 is 16.4 Å². The molecule has 5 nitrogen and oxygen atoms in total. The maximum absolute atomic E-state index is 11.5. The smallest absolute Gasteiger partial charge is 0.239 e. The second-order valence-corrected chi connectivity index (χ2v) is 4.63. The molecule has 0 saturated carbocycles. The van der Waals surface area contributed by atoms with Gasteiger partial charge in [0.25, 0.3) is 0 Å². The summed E-state index contributed by atoms with van der Waals surface area (Å²) in [7, 11) is 0. The van der Waals surface area contributed by atoms with E-state index in [1.807, 2.05) is 20.8 Å². The lowest BCUT2D eigenvalue weighted by atomic mass is 10.1. The Morgan fingerprint density at radius 1 is 1.44 bits per heavy atom. The minimum Gasteiger partial charge on any atom is -0.397 e. The predicted octanol–water partition coefficient (Wildman–Crippen LogP) is 0.990. The van der Waals surface area contributed by atoms with Crippen LogP contribution in [0.4, 0.5) is 11.5 Å². The number of amides is 1. The van der Waals surface area contributed by atoms with Crippen molar-refractivity contribution in [3.8, 4) is 0 Å². The summed E-state index contributed by atoms with van der Waals surface area (Å²) < 4.78 is 0. The molecule has 88 valence electrons. The Morgan fingerprint density at radius 2 is 2.12 bits per heavy atom. The fraction of sp³-hybridized carbons (Fsp3) is 0.455. The number of hydrogen-bond acceptors (Lipinski definition) is 4. The van der Waals surface area contributed by atoms with Gasteiger partial charge in [-0.15, -0.1) is 0 Å². The maximum atomic E-state index is 11.5. The van der Waals surface area contributed by atoms with Crippen LogP contribution in [0.2, 0.25) is 0 Å². The number of nitrogens with one attached hydrogen (secondary N) is 2. The standard InChI is InChI=1S/C11H18N4O/c1-11(2,3)15-10(16)7-14-9-5-4-8(12)6-13-9/h4-6H,7,12H2,1-3H3,(H,13,14)(H,15,16). The van der Waals surface area contributed by atoms with Gasteiger partial charge >= 0.3 is 0 Å². The van der Waals surface area contributed by atoms with Gasteiger partial charge in [-0.3, -0.25) is 4.79 Å². The average Bonchev–Trinajstić information content (AvgIpc) is 2.14. The van der Waals surface area contributed by atoms with Gasteiger partial charge in [0, 0.05) is 5.54 Å². The molecule has 0 atom stereocenters. The first-order valence-corrected chi connectivity index (χ1v) is 5.13. The van der Waals surface area contributed by atoms with Gasteiger partial charge < -0.3 is 16.4 Å². The molecule has 16 heavy (non-hydrogen) atoms. The molecule has 1 heterocycles. The van der Waals surface area contributed by atoms with Gasteiger partial charge in [0.2, 0.25) is 5.91 Å². The quantitative estimate of drug-likeness (QED) is 0.712. The molecule has 0 aliphatic rings. The van der Waals surface area contributed by atoms with Gasteiger partial charge in [0.05, 0.1) is 18.4 Å². The lowest BCUT2D eigenvalue weighted by Gasteiger charge is -2.20. The number of rotatable bonds is 3. The molecular weight excluding hydrogens is 204 g/mol. The summed E-state index contributed by atoms with van der Waals surface area (Å²) in [4.78, 5) is 15.5. The van der Waals surface area contributed by atoms with Crippen LogP contribution >= 0.6 is 0 Å². The molecule has 0 aromatic carbocycles. The first-order valence-electron chi connectivity index (χ1n) is 5.13. The van der Waals surface area contributed by atoms with Gasteiger partial charge in [0.15, 0.2) is 0 Å². The van der Waals surface area contributed by atoms with Crippen LogP contribution in [0, 0.1) is 0 Å². The number of hydrogen-bond donors (Lipinski definition) is 3. The number of pyridine rings is 1. The first-order chi connectivity index (χ1) is 7.37. The molecule has 4 N–H and O–H groups in total. The van der Waals surface area contributed by atoms with Gasteiger partial charge in [-0.25, -0.2) is 4.98 Å². The van der Waals surface area contributed by atoms with Crippen molar-refractivity contribution in [3.05, 3.63) is 18.3 Å². The summed E-state index contributed by atoms with van der Waals surface area (Å²) in [5, 5.41) is 5.76. The molecule has 0 spiro atoms. The third-order valence-electron chi connectivity index (χ3n) is 1.73. The topological polar surface area (TPSA) is 80.0 Å². The Morgan fingerprint density at radius 3 is 2.62 bits per heavy atom. The number of nitrogen functional groups attached to an aromatic ring is 1. The number of aromatic nitrogens is 1. The van der Waals surface area contributed by atoms with E-state index in [-0.39, 0.29) is 18.0 Å². The van der Waals surface area contributed by atoms with Crippen LogP contribution in [-0.2, 0) is 4.79 Å². The molecule has 1 aromatic heterocycles. The summed E-state index contributed by atoms with van der Waals surface area (Å²) >= 11 is 0. The zero-order valence-electron chi connectivity index (χ0n) is 9.87. The van der Waals surface area contributed by atoms with Crippen molar-refractivity contribution in [1.29, 1.82) is 0 Å². The highest BCUT2D eigenvalue weighted by Gasteiger charge is 2.12. The fourth-order valence-corrected chi connectivity index (χ4v) is 1.14. The number of anilines is 2. The molecule has 0 unspecified atom stereocenters.